The van der Waals surface area contributed by atoms with Crippen LogP contribution in [0.15, 0.2) is 35.2 Å². The van der Waals surface area contributed by atoms with E-state index >= 15 is 0 Å². The molecule has 0 aliphatic heterocycles. The Labute approximate surface area is 127 Å². The van der Waals surface area contributed by atoms with Crippen molar-refractivity contribution in [2.75, 3.05) is 26.4 Å². The third-order valence-electron chi connectivity index (χ3n) is 3.63. The number of likely N-dealkylation sites (N-methyl/N-ethyl adjacent to an activating group) is 1. The molecule has 0 aromatic heterocycles. The molecular weight excluding hydrogens is 288 g/mol. The van der Waals surface area contributed by atoms with Crippen molar-refractivity contribution in [1.82, 2.24) is 10.2 Å². The van der Waals surface area contributed by atoms with Gasteiger partial charge >= 0.3 is 0 Å². The van der Waals surface area contributed by atoms with Crippen molar-refractivity contribution in [3.63, 3.8) is 0 Å². The maximum Gasteiger partial charge on any atom is 0.221 e. The van der Waals surface area contributed by atoms with Gasteiger partial charge < -0.3 is 10.2 Å². The number of nitrogens with one attached hydrogen (secondary N) is 1. The van der Waals surface area contributed by atoms with E-state index in [2.05, 4.69) is 5.32 Å². The average molecular weight is 312 g/mol. The molecule has 5 nitrogen and oxygen atoms in total. The molecule has 6 heteroatoms. The van der Waals surface area contributed by atoms with Gasteiger partial charge in [-0.15, -0.1) is 0 Å². The van der Waals surface area contributed by atoms with Crippen molar-refractivity contribution >= 4 is 15.7 Å². The third-order valence-corrected chi connectivity index (χ3v) is 5.36. The van der Waals surface area contributed by atoms with Crippen molar-refractivity contribution in [3.05, 3.63) is 30.3 Å². The second-order valence-corrected chi connectivity index (χ2v) is 7.97. The van der Waals surface area contributed by atoms with Gasteiger partial charge in [0.2, 0.25) is 5.91 Å². The molecule has 0 unspecified atom stereocenters. The van der Waals surface area contributed by atoms with Gasteiger partial charge in [0.25, 0.3) is 0 Å². The number of carbonyl (C=O) groups is 1. The van der Waals surface area contributed by atoms with E-state index in [1.54, 1.807) is 30.3 Å². The summed E-state index contributed by atoms with van der Waals surface area (Å²) in [5.41, 5.74) is -0.173. The van der Waals surface area contributed by atoms with Crippen LogP contribution in [0.1, 0.15) is 20.3 Å². The Morgan fingerprint density at radius 1 is 1.19 bits per heavy atom. The SMILES string of the molecule is CN(C)C(C)(C)CNC(=O)CCS(=O)(=O)c1ccccc1. The van der Waals surface area contributed by atoms with E-state index in [9.17, 15) is 13.2 Å². The van der Waals surface area contributed by atoms with Crippen LogP contribution in [-0.2, 0) is 14.6 Å². The van der Waals surface area contributed by atoms with Crippen LogP contribution in [0.2, 0.25) is 0 Å². The van der Waals surface area contributed by atoms with E-state index < -0.39 is 9.84 Å². The van der Waals surface area contributed by atoms with Crippen molar-refractivity contribution in [3.8, 4) is 0 Å². The van der Waals surface area contributed by atoms with Crippen LogP contribution < -0.4 is 5.32 Å². The first-order chi connectivity index (χ1) is 9.65. The van der Waals surface area contributed by atoms with Gasteiger partial charge in [0, 0.05) is 18.5 Å². The number of nitrogens with zero attached hydrogens (tertiary/aromatic N) is 1. The summed E-state index contributed by atoms with van der Waals surface area (Å²) in [5, 5.41) is 2.78. The molecule has 118 valence electrons. The quantitative estimate of drug-likeness (QED) is 0.824. The summed E-state index contributed by atoms with van der Waals surface area (Å²) >= 11 is 0. The first kappa shape index (κ1) is 17.7. The predicted molar refractivity (Wildman–Crippen MR) is 83.9 cm³/mol. The summed E-state index contributed by atoms with van der Waals surface area (Å²) < 4.78 is 24.1. The van der Waals surface area contributed by atoms with Crippen LogP contribution >= 0.6 is 0 Å². The first-order valence-electron chi connectivity index (χ1n) is 6.87. The second-order valence-electron chi connectivity index (χ2n) is 5.87. The van der Waals surface area contributed by atoms with Crippen LogP contribution in [0.25, 0.3) is 0 Å². The number of hydrogen-bond donors (Lipinski definition) is 1. The Bertz CT molecular complexity index is 566. The summed E-state index contributed by atoms with van der Waals surface area (Å²) in [4.78, 5) is 14.1. The lowest BCUT2D eigenvalue weighted by atomic mass is 10.0. The molecule has 0 aliphatic rings. The van der Waals surface area contributed by atoms with E-state index in [1.807, 2.05) is 32.8 Å². The van der Waals surface area contributed by atoms with Gasteiger partial charge in [-0.3, -0.25) is 4.79 Å². The van der Waals surface area contributed by atoms with E-state index in [0.717, 1.165) is 0 Å². The van der Waals surface area contributed by atoms with Crippen LogP contribution in [-0.4, -0.2) is 51.2 Å². The Balaban J connectivity index is 2.51. The molecule has 0 spiro atoms. The monoisotopic (exact) mass is 312 g/mol. The molecule has 1 N–H and O–H groups in total. The topological polar surface area (TPSA) is 66.5 Å². The number of benzene rings is 1. The normalized spacial score (nSPS) is 12.4. The summed E-state index contributed by atoms with van der Waals surface area (Å²) in [5.74, 6) is -0.421. The maximum absolute atomic E-state index is 12.1. The number of hydrogen-bond acceptors (Lipinski definition) is 4. The lowest BCUT2D eigenvalue weighted by Gasteiger charge is -2.32. The molecule has 0 heterocycles. The molecule has 0 saturated carbocycles. The molecule has 1 aromatic carbocycles. The van der Waals surface area contributed by atoms with Crippen molar-refractivity contribution in [2.24, 2.45) is 0 Å². The Hall–Kier alpha value is -1.40. The number of carbonyl (C=O) groups excluding carboxylic acids is 1. The highest BCUT2D eigenvalue weighted by atomic mass is 32.2. The molecular formula is C15H24N2O3S. The minimum absolute atomic E-state index is 0.0270. The minimum Gasteiger partial charge on any atom is -0.354 e. The van der Waals surface area contributed by atoms with Gasteiger partial charge in [-0.05, 0) is 40.1 Å². The molecule has 0 bridgehead atoms. The molecule has 1 rings (SSSR count). The summed E-state index contributed by atoms with van der Waals surface area (Å²) in [7, 11) is 0.476. The van der Waals surface area contributed by atoms with Gasteiger partial charge in [-0.1, -0.05) is 18.2 Å². The van der Waals surface area contributed by atoms with Gasteiger partial charge in [0.05, 0.1) is 10.6 Å². The van der Waals surface area contributed by atoms with Gasteiger partial charge in [0.1, 0.15) is 0 Å². The highest BCUT2D eigenvalue weighted by Gasteiger charge is 2.22. The minimum atomic E-state index is -3.40. The van der Waals surface area contributed by atoms with E-state index in [4.69, 9.17) is 0 Å². The molecule has 21 heavy (non-hydrogen) atoms. The number of rotatable bonds is 7. The average Bonchev–Trinajstić information content (AvgIpc) is 2.44. The van der Waals surface area contributed by atoms with Crippen LogP contribution in [0, 0.1) is 0 Å². The summed E-state index contributed by atoms with van der Waals surface area (Å²) in [6.07, 6.45) is -0.0270. The van der Waals surface area contributed by atoms with E-state index in [1.165, 1.54) is 0 Å². The number of amides is 1. The highest BCUT2D eigenvalue weighted by Crippen LogP contribution is 2.11. The summed E-state index contributed by atoms with van der Waals surface area (Å²) in [6, 6.07) is 8.19. The van der Waals surface area contributed by atoms with Crippen molar-refractivity contribution in [1.29, 1.82) is 0 Å². The summed E-state index contributed by atoms with van der Waals surface area (Å²) in [6.45, 7) is 4.49. The van der Waals surface area contributed by atoms with Crippen LogP contribution in [0.5, 0.6) is 0 Å². The lowest BCUT2D eigenvalue weighted by Crippen LogP contribution is -2.48. The van der Waals surface area contributed by atoms with Crippen LogP contribution in [0.4, 0.5) is 0 Å². The van der Waals surface area contributed by atoms with Crippen molar-refractivity contribution < 1.29 is 13.2 Å². The van der Waals surface area contributed by atoms with E-state index in [-0.39, 0.29) is 28.5 Å². The maximum atomic E-state index is 12.1. The molecule has 0 fully saturated rings. The molecule has 0 saturated heterocycles. The fourth-order valence-electron chi connectivity index (χ4n) is 1.53. The molecule has 0 radical (unpaired) electrons. The zero-order valence-corrected chi connectivity index (χ0v) is 13.9. The third kappa shape index (κ3) is 5.47. The molecule has 1 aromatic rings. The van der Waals surface area contributed by atoms with Gasteiger partial charge in [-0.25, -0.2) is 8.42 Å². The smallest absolute Gasteiger partial charge is 0.221 e. The fourth-order valence-corrected chi connectivity index (χ4v) is 2.80. The molecule has 0 atom stereocenters. The van der Waals surface area contributed by atoms with Crippen molar-refractivity contribution in [2.45, 2.75) is 30.7 Å². The Kier molecular flexibility index (Phi) is 5.92. The Morgan fingerprint density at radius 3 is 2.29 bits per heavy atom. The zero-order chi connectivity index (χ0) is 16.1. The predicted octanol–water partition coefficient (Wildman–Crippen LogP) is 1.31. The number of sulfone groups is 1. The van der Waals surface area contributed by atoms with E-state index in [0.29, 0.717) is 6.54 Å². The van der Waals surface area contributed by atoms with Gasteiger partial charge in [0.15, 0.2) is 9.84 Å². The van der Waals surface area contributed by atoms with Gasteiger partial charge in [-0.2, -0.15) is 0 Å². The second kappa shape index (κ2) is 7.04. The molecule has 1 amide bonds. The Morgan fingerprint density at radius 2 is 1.76 bits per heavy atom. The highest BCUT2D eigenvalue weighted by molar-refractivity contribution is 7.91. The first-order valence-corrected chi connectivity index (χ1v) is 8.52. The van der Waals surface area contributed by atoms with Crippen LogP contribution in [0.3, 0.4) is 0 Å². The standard InChI is InChI=1S/C15H24N2O3S/c1-15(2,17(3)4)12-16-14(18)10-11-21(19,20)13-8-6-5-7-9-13/h5-9H,10-12H2,1-4H3,(H,16,18). The molecule has 0 aliphatic carbocycles. The largest absolute Gasteiger partial charge is 0.354 e. The lowest BCUT2D eigenvalue weighted by molar-refractivity contribution is -0.121. The fraction of sp³-hybridized carbons (Fsp3) is 0.533. The zero-order valence-electron chi connectivity index (χ0n) is 13.1.